The minimum absolute atomic E-state index is 0.0965. The second-order valence-corrected chi connectivity index (χ2v) is 5.79. The normalized spacial score (nSPS) is 12.9. The lowest BCUT2D eigenvalue weighted by atomic mass is 9.98. The average molecular weight is 330 g/mol. The maximum Gasteiger partial charge on any atom is 0.318 e. The van der Waals surface area contributed by atoms with E-state index in [0.717, 1.165) is 34.9 Å². The third kappa shape index (κ3) is 4.34. The van der Waals surface area contributed by atoms with Crippen LogP contribution in [0.1, 0.15) is 44.6 Å². The van der Waals surface area contributed by atoms with Gasteiger partial charge in [-0.25, -0.2) is 4.39 Å². The van der Waals surface area contributed by atoms with Gasteiger partial charge in [0, 0.05) is 6.42 Å². The largest absolute Gasteiger partial charge is 0.497 e. The van der Waals surface area contributed by atoms with Crippen molar-refractivity contribution in [2.75, 3.05) is 7.11 Å². The Balaban J connectivity index is 2.15. The molecule has 0 N–H and O–H groups in total. The van der Waals surface area contributed by atoms with Gasteiger partial charge in [-0.15, -0.1) is 0 Å². The molecule has 2 aromatic rings. The maximum absolute atomic E-state index is 12.8. The fraction of sp³-hybridized carbons (Fsp3) is 0.350. The molecule has 0 aliphatic carbocycles. The molecule has 0 aromatic heterocycles. The van der Waals surface area contributed by atoms with E-state index >= 15 is 0 Å². The van der Waals surface area contributed by atoms with Crippen LogP contribution in [0.15, 0.2) is 48.5 Å². The van der Waals surface area contributed by atoms with Crippen molar-refractivity contribution in [3.63, 3.8) is 0 Å². The Bertz CT molecular complexity index is 737. The number of carbonyl (C=O) groups excluding carboxylic acids is 1. The molecule has 0 bridgehead atoms. The summed E-state index contributed by atoms with van der Waals surface area (Å²) in [6.45, 7) is 3.77. The molecular weight excluding hydrogens is 307 g/mol. The zero-order valence-electron chi connectivity index (χ0n) is 14.3. The first-order valence-corrected chi connectivity index (χ1v) is 8.17. The molecule has 0 unspecified atom stereocenters. The summed E-state index contributed by atoms with van der Waals surface area (Å²) in [5, 5.41) is 2.05. The molecule has 0 amide bonds. The van der Waals surface area contributed by atoms with Crippen LogP contribution in [0.4, 0.5) is 4.39 Å². The van der Waals surface area contributed by atoms with Gasteiger partial charge in [0.1, 0.15) is 17.8 Å². The molecule has 0 aliphatic rings. The summed E-state index contributed by atoms with van der Waals surface area (Å²) >= 11 is 0. The van der Waals surface area contributed by atoms with Crippen LogP contribution in [0.2, 0.25) is 0 Å². The maximum atomic E-state index is 12.8. The minimum atomic E-state index is -0.465. The summed E-state index contributed by atoms with van der Waals surface area (Å²) in [5.41, 5.74) is 0.839. The van der Waals surface area contributed by atoms with Gasteiger partial charge < -0.3 is 9.47 Å². The zero-order chi connectivity index (χ0) is 17.5. The van der Waals surface area contributed by atoms with Crippen LogP contribution in [0, 0.1) is 0 Å². The predicted octanol–water partition coefficient (Wildman–Crippen LogP) is 5.50. The van der Waals surface area contributed by atoms with Gasteiger partial charge in [0.2, 0.25) is 0 Å². The van der Waals surface area contributed by atoms with Gasteiger partial charge in [0.15, 0.2) is 0 Å². The van der Waals surface area contributed by atoms with E-state index in [0.29, 0.717) is 12.8 Å². The third-order valence-corrected chi connectivity index (χ3v) is 4.06. The smallest absolute Gasteiger partial charge is 0.318 e. The van der Waals surface area contributed by atoms with Gasteiger partial charge >= 0.3 is 5.97 Å². The van der Waals surface area contributed by atoms with Gasteiger partial charge in [-0.2, -0.15) is 0 Å². The molecule has 0 heterocycles. The monoisotopic (exact) mass is 330 g/mol. The number of benzene rings is 2. The van der Waals surface area contributed by atoms with E-state index in [2.05, 4.69) is 0 Å². The van der Waals surface area contributed by atoms with E-state index in [1.807, 2.05) is 43.3 Å². The SMILES string of the molecule is CCCC/C(=C\F)OC(=O)[C@@H](C)c1ccc2cc(OC)ccc2c1. The lowest BCUT2D eigenvalue weighted by Crippen LogP contribution is -2.13. The number of hydrogen-bond acceptors (Lipinski definition) is 3. The number of rotatable bonds is 7. The highest BCUT2D eigenvalue weighted by Gasteiger charge is 2.19. The Morgan fingerprint density at radius 3 is 2.58 bits per heavy atom. The van der Waals surface area contributed by atoms with Crippen LogP contribution >= 0.6 is 0 Å². The molecule has 0 aliphatic heterocycles. The van der Waals surface area contributed by atoms with Gasteiger partial charge in [0.25, 0.3) is 0 Å². The van der Waals surface area contributed by atoms with Gasteiger partial charge in [-0.3, -0.25) is 4.79 Å². The number of ether oxygens (including phenoxy) is 2. The number of allylic oxidation sites excluding steroid dienone is 1. The molecule has 0 saturated carbocycles. The second kappa shape index (κ2) is 8.48. The molecule has 0 fully saturated rings. The zero-order valence-corrected chi connectivity index (χ0v) is 14.3. The van der Waals surface area contributed by atoms with Crippen molar-refractivity contribution in [2.24, 2.45) is 0 Å². The molecule has 128 valence electrons. The van der Waals surface area contributed by atoms with Gasteiger partial charge in [0.05, 0.1) is 13.0 Å². The predicted molar refractivity (Wildman–Crippen MR) is 93.7 cm³/mol. The highest BCUT2D eigenvalue weighted by atomic mass is 19.1. The molecule has 0 saturated heterocycles. The van der Waals surface area contributed by atoms with Crippen molar-refractivity contribution in [1.82, 2.24) is 0 Å². The summed E-state index contributed by atoms with van der Waals surface area (Å²) in [7, 11) is 1.63. The first-order chi connectivity index (χ1) is 11.6. The molecule has 1 atom stereocenters. The topological polar surface area (TPSA) is 35.5 Å². The van der Waals surface area contributed by atoms with Crippen LogP contribution in [0.3, 0.4) is 0 Å². The summed E-state index contributed by atoms with van der Waals surface area (Å²) in [5.74, 6) is -0.0217. The number of fused-ring (bicyclic) bond motifs is 1. The number of esters is 1. The van der Waals surface area contributed by atoms with Crippen molar-refractivity contribution >= 4 is 16.7 Å². The molecule has 2 rings (SSSR count). The number of methoxy groups -OCH3 is 1. The van der Waals surface area contributed by atoms with E-state index < -0.39 is 11.9 Å². The van der Waals surface area contributed by atoms with Crippen LogP contribution in [0.5, 0.6) is 5.75 Å². The fourth-order valence-corrected chi connectivity index (χ4v) is 2.47. The van der Waals surface area contributed by atoms with Crippen LogP contribution in [0.25, 0.3) is 10.8 Å². The first kappa shape index (κ1) is 18.0. The molecule has 3 nitrogen and oxygen atoms in total. The summed E-state index contributed by atoms with van der Waals surface area (Å²) in [6, 6.07) is 11.6. The Kier molecular flexibility index (Phi) is 6.36. The molecular formula is C20H23FO3. The lowest BCUT2D eigenvalue weighted by molar-refractivity contribution is -0.141. The van der Waals surface area contributed by atoms with E-state index in [1.54, 1.807) is 14.0 Å². The number of unbranched alkanes of at least 4 members (excludes halogenated alkanes) is 1. The van der Waals surface area contributed by atoms with E-state index in [-0.39, 0.29) is 5.76 Å². The number of hydrogen-bond donors (Lipinski definition) is 0. The second-order valence-electron chi connectivity index (χ2n) is 5.79. The van der Waals surface area contributed by atoms with E-state index in [9.17, 15) is 9.18 Å². The highest BCUT2D eigenvalue weighted by Crippen LogP contribution is 2.26. The summed E-state index contributed by atoms with van der Waals surface area (Å²) in [4.78, 5) is 12.3. The van der Waals surface area contributed by atoms with Crippen molar-refractivity contribution < 1.29 is 18.7 Å². The Morgan fingerprint density at radius 2 is 1.92 bits per heavy atom. The molecule has 24 heavy (non-hydrogen) atoms. The molecule has 0 radical (unpaired) electrons. The standard InChI is InChI=1S/C20H23FO3/c1-4-5-6-19(13-21)24-20(22)14(2)15-7-8-17-12-18(23-3)10-9-16(17)11-15/h7-14H,4-6H2,1-3H3/b19-13+/t14-/m0/s1. The lowest BCUT2D eigenvalue weighted by Gasteiger charge is -2.14. The Labute approximate surface area is 142 Å². The summed E-state index contributed by atoms with van der Waals surface area (Å²) in [6.07, 6.45) is 2.52. The first-order valence-electron chi connectivity index (χ1n) is 8.17. The van der Waals surface area contributed by atoms with Crippen LogP contribution in [-0.2, 0) is 9.53 Å². The van der Waals surface area contributed by atoms with Crippen LogP contribution in [-0.4, -0.2) is 13.1 Å². The van der Waals surface area contributed by atoms with Gasteiger partial charge in [-0.1, -0.05) is 37.6 Å². The van der Waals surface area contributed by atoms with E-state index in [4.69, 9.17) is 9.47 Å². The van der Waals surface area contributed by atoms with Gasteiger partial charge in [-0.05, 0) is 41.8 Å². The van der Waals surface area contributed by atoms with Crippen molar-refractivity contribution in [1.29, 1.82) is 0 Å². The quantitative estimate of drug-likeness (QED) is 0.497. The van der Waals surface area contributed by atoms with Crippen molar-refractivity contribution in [3.05, 3.63) is 54.1 Å². The Morgan fingerprint density at radius 1 is 1.21 bits per heavy atom. The highest BCUT2D eigenvalue weighted by molar-refractivity contribution is 5.87. The molecule has 0 spiro atoms. The molecule has 2 aromatic carbocycles. The van der Waals surface area contributed by atoms with Crippen molar-refractivity contribution in [2.45, 2.75) is 39.0 Å². The Hall–Kier alpha value is -2.36. The fourth-order valence-electron chi connectivity index (χ4n) is 2.47. The van der Waals surface area contributed by atoms with Crippen LogP contribution < -0.4 is 4.74 Å². The number of carbonyl (C=O) groups is 1. The minimum Gasteiger partial charge on any atom is -0.497 e. The van der Waals surface area contributed by atoms with Crippen molar-refractivity contribution in [3.8, 4) is 5.75 Å². The van der Waals surface area contributed by atoms with E-state index in [1.165, 1.54) is 0 Å². The third-order valence-electron chi connectivity index (χ3n) is 4.06. The number of halogens is 1. The molecule has 4 heteroatoms. The average Bonchev–Trinajstić information content (AvgIpc) is 2.63. The summed E-state index contributed by atoms with van der Waals surface area (Å²) < 4.78 is 23.2.